The lowest BCUT2D eigenvalue weighted by Crippen LogP contribution is -2.30. The SMILES string of the molecule is CN1CCC(c2ccc(Br)cc2C(F)(F)F)CC1. The summed E-state index contributed by atoms with van der Waals surface area (Å²) in [6.45, 7) is 1.72. The Bertz CT molecular complexity index is 423. The Labute approximate surface area is 113 Å². The average molecular weight is 322 g/mol. The fourth-order valence-electron chi connectivity index (χ4n) is 2.45. The van der Waals surface area contributed by atoms with Gasteiger partial charge in [0.15, 0.2) is 0 Å². The van der Waals surface area contributed by atoms with Crippen LogP contribution in [0.5, 0.6) is 0 Å². The van der Waals surface area contributed by atoms with Crippen LogP contribution < -0.4 is 0 Å². The molecule has 1 aliphatic rings. The molecule has 0 bridgehead atoms. The van der Waals surface area contributed by atoms with Crippen LogP contribution >= 0.6 is 15.9 Å². The van der Waals surface area contributed by atoms with E-state index in [0.717, 1.165) is 25.9 Å². The molecule has 0 unspecified atom stereocenters. The van der Waals surface area contributed by atoms with Crippen LogP contribution in [0.2, 0.25) is 0 Å². The molecule has 5 heteroatoms. The minimum absolute atomic E-state index is 0.0194. The van der Waals surface area contributed by atoms with Crippen molar-refractivity contribution in [2.75, 3.05) is 20.1 Å². The topological polar surface area (TPSA) is 3.24 Å². The zero-order valence-electron chi connectivity index (χ0n) is 10.1. The van der Waals surface area contributed by atoms with Gasteiger partial charge in [0.25, 0.3) is 0 Å². The molecule has 2 rings (SSSR count). The molecule has 0 N–H and O–H groups in total. The first-order valence-corrected chi connectivity index (χ1v) is 6.72. The highest BCUT2D eigenvalue weighted by Gasteiger charge is 2.35. The van der Waals surface area contributed by atoms with Gasteiger partial charge in [-0.25, -0.2) is 0 Å². The van der Waals surface area contributed by atoms with E-state index >= 15 is 0 Å². The smallest absolute Gasteiger partial charge is 0.306 e. The summed E-state index contributed by atoms with van der Waals surface area (Å²) in [5.74, 6) is 0.0194. The Morgan fingerprint density at radius 3 is 2.39 bits per heavy atom. The molecule has 18 heavy (non-hydrogen) atoms. The zero-order valence-corrected chi connectivity index (χ0v) is 11.7. The lowest BCUT2D eigenvalue weighted by Gasteiger charge is -2.30. The Morgan fingerprint density at radius 2 is 1.83 bits per heavy atom. The Hall–Kier alpha value is -0.550. The lowest BCUT2D eigenvalue weighted by molar-refractivity contribution is -0.138. The number of benzene rings is 1. The van der Waals surface area contributed by atoms with Crippen LogP contribution in [0.15, 0.2) is 22.7 Å². The van der Waals surface area contributed by atoms with Crippen LogP contribution in [-0.2, 0) is 6.18 Å². The van der Waals surface area contributed by atoms with E-state index in [1.54, 1.807) is 12.1 Å². The molecule has 1 nitrogen and oxygen atoms in total. The zero-order chi connectivity index (χ0) is 13.3. The van der Waals surface area contributed by atoms with Crippen molar-refractivity contribution in [1.82, 2.24) is 4.90 Å². The average Bonchev–Trinajstić information content (AvgIpc) is 2.29. The molecule has 100 valence electrons. The van der Waals surface area contributed by atoms with E-state index in [9.17, 15) is 13.2 Å². The standard InChI is InChI=1S/C13H15BrF3N/c1-18-6-4-9(5-7-18)11-3-2-10(14)8-12(11)13(15,16)17/h2-3,8-9H,4-7H2,1H3. The second-order valence-corrected chi connectivity index (χ2v) is 5.72. The van der Waals surface area contributed by atoms with E-state index in [4.69, 9.17) is 0 Å². The van der Waals surface area contributed by atoms with Crippen LogP contribution in [0, 0.1) is 0 Å². The van der Waals surface area contributed by atoms with Gasteiger partial charge in [-0.1, -0.05) is 22.0 Å². The third-order valence-corrected chi connectivity index (χ3v) is 3.97. The highest BCUT2D eigenvalue weighted by atomic mass is 79.9. The first kappa shape index (κ1) is 13.9. The minimum atomic E-state index is -4.28. The predicted molar refractivity (Wildman–Crippen MR) is 68.6 cm³/mol. The van der Waals surface area contributed by atoms with E-state index in [0.29, 0.717) is 10.0 Å². The molecule has 1 aromatic carbocycles. The van der Waals surface area contributed by atoms with Crippen molar-refractivity contribution in [3.63, 3.8) is 0 Å². The van der Waals surface area contributed by atoms with E-state index < -0.39 is 11.7 Å². The summed E-state index contributed by atoms with van der Waals surface area (Å²) in [6.07, 6.45) is -2.69. The predicted octanol–water partition coefficient (Wildman–Crippen LogP) is 4.28. The van der Waals surface area contributed by atoms with Crippen LogP contribution in [0.25, 0.3) is 0 Å². The maximum Gasteiger partial charge on any atom is 0.416 e. The largest absolute Gasteiger partial charge is 0.416 e. The fourth-order valence-corrected chi connectivity index (χ4v) is 2.81. The Morgan fingerprint density at radius 1 is 1.22 bits per heavy atom. The molecule has 1 aromatic rings. The Kier molecular flexibility index (Phi) is 4.02. The van der Waals surface area contributed by atoms with Gasteiger partial charge in [-0.2, -0.15) is 13.2 Å². The number of rotatable bonds is 1. The highest BCUT2D eigenvalue weighted by molar-refractivity contribution is 9.10. The highest BCUT2D eigenvalue weighted by Crippen LogP contribution is 2.39. The molecule has 0 radical (unpaired) electrons. The van der Waals surface area contributed by atoms with Crippen LogP contribution in [0.3, 0.4) is 0 Å². The summed E-state index contributed by atoms with van der Waals surface area (Å²) in [4.78, 5) is 2.16. The van der Waals surface area contributed by atoms with Gasteiger partial charge in [0, 0.05) is 4.47 Å². The van der Waals surface area contributed by atoms with Crippen molar-refractivity contribution >= 4 is 15.9 Å². The summed E-state index contributed by atoms with van der Waals surface area (Å²) in [7, 11) is 2.00. The lowest BCUT2D eigenvalue weighted by atomic mass is 9.86. The molecule has 0 saturated carbocycles. The first-order chi connectivity index (χ1) is 8.38. The number of piperidine rings is 1. The second kappa shape index (κ2) is 5.21. The molecular formula is C13H15BrF3N. The number of hydrogen-bond donors (Lipinski definition) is 0. The molecule has 1 heterocycles. The molecule has 1 fully saturated rings. The van der Waals surface area contributed by atoms with Crippen LogP contribution in [0.1, 0.15) is 29.9 Å². The maximum absolute atomic E-state index is 13.0. The molecule has 0 amide bonds. The van der Waals surface area contributed by atoms with Gasteiger partial charge in [-0.15, -0.1) is 0 Å². The molecule has 0 spiro atoms. The maximum atomic E-state index is 13.0. The van der Waals surface area contributed by atoms with E-state index in [1.165, 1.54) is 6.07 Å². The van der Waals surface area contributed by atoms with Crippen molar-refractivity contribution in [2.45, 2.75) is 24.9 Å². The Balaban J connectivity index is 2.32. The number of nitrogens with zero attached hydrogens (tertiary/aromatic N) is 1. The third-order valence-electron chi connectivity index (χ3n) is 3.48. The number of hydrogen-bond acceptors (Lipinski definition) is 1. The van der Waals surface area contributed by atoms with E-state index in [1.807, 2.05) is 7.05 Å². The van der Waals surface area contributed by atoms with Gasteiger partial charge >= 0.3 is 6.18 Å². The molecule has 1 saturated heterocycles. The number of halogens is 4. The molecule has 1 aliphatic heterocycles. The van der Waals surface area contributed by atoms with Crippen LogP contribution in [-0.4, -0.2) is 25.0 Å². The normalized spacial score (nSPS) is 19.2. The summed E-state index contributed by atoms with van der Waals surface area (Å²) in [5, 5.41) is 0. The van der Waals surface area contributed by atoms with Crippen LogP contribution in [0.4, 0.5) is 13.2 Å². The molecular weight excluding hydrogens is 307 g/mol. The quantitative estimate of drug-likeness (QED) is 0.746. The van der Waals surface area contributed by atoms with E-state index in [-0.39, 0.29) is 5.92 Å². The summed E-state index contributed by atoms with van der Waals surface area (Å²) in [6, 6.07) is 4.50. The molecule has 0 atom stereocenters. The van der Waals surface area contributed by atoms with Gasteiger partial charge in [-0.3, -0.25) is 0 Å². The summed E-state index contributed by atoms with van der Waals surface area (Å²) < 4.78 is 39.6. The number of alkyl halides is 3. The van der Waals surface area contributed by atoms with Gasteiger partial charge < -0.3 is 4.90 Å². The van der Waals surface area contributed by atoms with Crippen molar-refractivity contribution in [2.24, 2.45) is 0 Å². The van der Waals surface area contributed by atoms with Crippen molar-refractivity contribution in [3.8, 4) is 0 Å². The van der Waals surface area contributed by atoms with Gasteiger partial charge in [0.2, 0.25) is 0 Å². The van der Waals surface area contributed by atoms with E-state index in [2.05, 4.69) is 20.8 Å². The van der Waals surface area contributed by atoms with Gasteiger partial charge in [-0.05, 0) is 56.6 Å². The van der Waals surface area contributed by atoms with Gasteiger partial charge in [0.1, 0.15) is 0 Å². The van der Waals surface area contributed by atoms with Gasteiger partial charge in [0.05, 0.1) is 5.56 Å². The summed E-state index contributed by atoms with van der Waals surface area (Å²) in [5.41, 5.74) is -0.0507. The fraction of sp³-hybridized carbons (Fsp3) is 0.538. The molecule has 0 aromatic heterocycles. The molecule has 0 aliphatic carbocycles. The second-order valence-electron chi connectivity index (χ2n) is 4.81. The first-order valence-electron chi connectivity index (χ1n) is 5.93. The summed E-state index contributed by atoms with van der Waals surface area (Å²) >= 11 is 3.11. The van der Waals surface area contributed by atoms with Crippen molar-refractivity contribution in [3.05, 3.63) is 33.8 Å². The third kappa shape index (κ3) is 3.06. The van der Waals surface area contributed by atoms with Crippen molar-refractivity contribution < 1.29 is 13.2 Å². The number of likely N-dealkylation sites (tertiary alicyclic amines) is 1. The van der Waals surface area contributed by atoms with Crippen molar-refractivity contribution in [1.29, 1.82) is 0 Å². The minimum Gasteiger partial charge on any atom is -0.306 e. The monoisotopic (exact) mass is 321 g/mol.